The van der Waals surface area contributed by atoms with Gasteiger partial charge in [-0.15, -0.1) is 0 Å². The number of hydrogen-bond donors (Lipinski definition) is 2. The zero-order chi connectivity index (χ0) is 22.3. The molecular weight excluding hydrogens is 434 g/mol. The number of carbonyl (C=O) groups is 1. The van der Waals surface area contributed by atoms with Crippen LogP contribution in [0.2, 0.25) is 5.02 Å². The van der Waals surface area contributed by atoms with E-state index in [9.17, 15) is 13.2 Å². The Hall–Kier alpha value is -2.67. The Morgan fingerprint density at radius 3 is 2.16 bits per heavy atom. The first-order valence-electron chi connectivity index (χ1n) is 9.96. The van der Waals surface area contributed by atoms with Gasteiger partial charge in [0.25, 0.3) is 0 Å². The van der Waals surface area contributed by atoms with Crippen LogP contribution >= 0.6 is 11.6 Å². The summed E-state index contributed by atoms with van der Waals surface area (Å²) < 4.78 is 28.8. The summed E-state index contributed by atoms with van der Waals surface area (Å²) >= 11 is 5.89. The molecule has 3 rings (SSSR count). The summed E-state index contributed by atoms with van der Waals surface area (Å²) in [6, 6.07) is 22.9. The number of sulfonamides is 1. The van der Waals surface area contributed by atoms with E-state index < -0.39 is 22.0 Å². The van der Waals surface area contributed by atoms with Gasteiger partial charge in [-0.05, 0) is 60.2 Å². The molecule has 0 bridgehead atoms. The highest BCUT2D eigenvalue weighted by atomic mass is 35.5. The van der Waals surface area contributed by atoms with Gasteiger partial charge in [-0.25, -0.2) is 13.1 Å². The van der Waals surface area contributed by atoms with Gasteiger partial charge in [-0.1, -0.05) is 66.2 Å². The van der Waals surface area contributed by atoms with Gasteiger partial charge in [0.2, 0.25) is 10.0 Å². The molecule has 0 saturated carbocycles. The van der Waals surface area contributed by atoms with Crippen molar-refractivity contribution >= 4 is 27.6 Å². The van der Waals surface area contributed by atoms with Crippen molar-refractivity contribution < 1.29 is 18.3 Å². The minimum absolute atomic E-state index is 0.124. The molecule has 0 fully saturated rings. The second kappa shape index (κ2) is 10.6. The van der Waals surface area contributed by atoms with Gasteiger partial charge in [0, 0.05) is 11.4 Å². The minimum Gasteiger partial charge on any atom is -0.481 e. The van der Waals surface area contributed by atoms with Gasteiger partial charge in [-0.3, -0.25) is 4.79 Å². The predicted octanol–water partition coefficient (Wildman–Crippen LogP) is 5.01. The van der Waals surface area contributed by atoms with Crippen LogP contribution < -0.4 is 4.72 Å². The SMILES string of the molecule is O=C(O)CCCc1ccc(C(Cc2ccccc2)NS(=O)(=O)c2ccc(Cl)cc2)cc1. The summed E-state index contributed by atoms with van der Waals surface area (Å²) in [6.07, 6.45) is 1.84. The standard InChI is InChI=1S/C24H24ClNO4S/c25-21-13-15-22(16-14-21)31(29,30)26-23(17-19-5-2-1-3-6-19)20-11-9-18(10-12-20)7-4-8-24(27)28/h1-3,5-6,9-16,23,26H,4,7-8,17H2,(H,27,28). The molecule has 162 valence electrons. The van der Waals surface area contributed by atoms with E-state index in [1.807, 2.05) is 54.6 Å². The molecule has 0 aromatic heterocycles. The molecule has 1 unspecified atom stereocenters. The Kier molecular flexibility index (Phi) is 7.85. The molecule has 3 aromatic rings. The fraction of sp³-hybridized carbons (Fsp3) is 0.208. The molecule has 0 aliphatic rings. The van der Waals surface area contributed by atoms with E-state index in [4.69, 9.17) is 16.7 Å². The van der Waals surface area contributed by atoms with Crippen molar-refractivity contribution in [2.75, 3.05) is 0 Å². The number of halogens is 1. The fourth-order valence-corrected chi connectivity index (χ4v) is 4.66. The van der Waals surface area contributed by atoms with Crippen molar-refractivity contribution in [3.8, 4) is 0 Å². The summed E-state index contributed by atoms with van der Waals surface area (Å²) in [5.74, 6) is -0.809. The topological polar surface area (TPSA) is 83.5 Å². The molecule has 0 amide bonds. The third kappa shape index (κ3) is 6.92. The number of carboxylic acid groups (broad SMARTS) is 1. The van der Waals surface area contributed by atoms with Gasteiger partial charge in [-0.2, -0.15) is 0 Å². The zero-order valence-corrected chi connectivity index (χ0v) is 18.4. The van der Waals surface area contributed by atoms with Crippen LogP contribution in [0.1, 0.15) is 35.6 Å². The maximum Gasteiger partial charge on any atom is 0.303 e. The zero-order valence-electron chi connectivity index (χ0n) is 16.9. The minimum atomic E-state index is -3.75. The Labute approximate surface area is 187 Å². The maximum atomic E-state index is 13.0. The number of benzene rings is 3. The maximum absolute atomic E-state index is 13.0. The fourth-order valence-electron chi connectivity index (χ4n) is 3.31. The molecule has 0 radical (unpaired) electrons. The first-order chi connectivity index (χ1) is 14.8. The third-order valence-electron chi connectivity index (χ3n) is 4.94. The Balaban J connectivity index is 1.82. The summed E-state index contributed by atoms with van der Waals surface area (Å²) in [4.78, 5) is 10.9. The molecular formula is C24H24ClNO4S. The van der Waals surface area contributed by atoms with E-state index in [1.165, 1.54) is 12.1 Å². The summed E-state index contributed by atoms with van der Waals surface area (Å²) in [5, 5.41) is 9.26. The third-order valence-corrected chi connectivity index (χ3v) is 6.68. The van der Waals surface area contributed by atoms with Gasteiger partial charge in [0.05, 0.1) is 10.9 Å². The lowest BCUT2D eigenvalue weighted by atomic mass is 9.98. The van der Waals surface area contributed by atoms with Gasteiger partial charge in [0.15, 0.2) is 0 Å². The monoisotopic (exact) mass is 457 g/mol. The lowest BCUT2D eigenvalue weighted by Crippen LogP contribution is -2.30. The second-order valence-corrected chi connectivity index (χ2v) is 9.46. The Morgan fingerprint density at radius 1 is 0.903 bits per heavy atom. The number of nitrogens with one attached hydrogen (secondary N) is 1. The molecule has 7 heteroatoms. The highest BCUT2D eigenvalue weighted by molar-refractivity contribution is 7.89. The van der Waals surface area contributed by atoms with Gasteiger partial charge >= 0.3 is 5.97 Å². The van der Waals surface area contributed by atoms with Crippen molar-refractivity contribution in [2.45, 2.75) is 36.6 Å². The highest BCUT2D eigenvalue weighted by Gasteiger charge is 2.22. The number of aryl methyl sites for hydroxylation is 1. The van der Waals surface area contributed by atoms with Crippen LogP contribution in [0.15, 0.2) is 83.8 Å². The number of carboxylic acids is 1. The van der Waals surface area contributed by atoms with Crippen LogP contribution in [0, 0.1) is 0 Å². The Bertz CT molecular complexity index is 1100. The average Bonchev–Trinajstić information content (AvgIpc) is 2.74. The molecule has 31 heavy (non-hydrogen) atoms. The van der Waals surface area contributed by atoms with Crippen LogP contribution in [0.25, 0.3) is 0 Å². The van der Waals surface area contributed by atoms with Gasteiger partial charge < -0.3 is 5.11 Å². The molecule has 0 saturated heterocycles. The molecule has 2 N–H and O–H groups in total. The van der Waals surface area contributed by atoms with E-state index in [1.54, 1.807) is 12.1 Å². The molecule has 5 nitrogen and oxygen atoms in total. The summed E-state index contributed by atoms with van der Waals surface area (Å²) in [5.41, 5.74) is 2.87. The lowest BCUT2D eigenvalue weighted by Gasteiger charge is -2.20. The molecule has 0 aliphatic carbocycles. The predicted molar refractivity (Wildman–Crippen MR) is 122 cm³/mol. The van der Waals surface area contributed by atoms with Crippen molar-refractivity contribution in [2.24, 2.45) is 0 Å². The first-order valence-corrected chi connectivity index (χ1v) is 11.8. The number of rotatable bonds is 10. The normalized spacial score (nSPS) is 12.4. The van der Waals surface area contributed by atoms with E-state index in [2.05, 4.69) is 4.72 Å². The Morgan fingerprint density at radius 2 is 1.55 bits per heavy atom. The number of aliphatic carboxylic acids is 1. The van der Waals surface area contributed by atoms with Crippen molar-refractivity contribution in [1.82, 2.24) is 4.72 Å². The molecule has 0 spiro atoms. The van der Waals surface area contributed by atoms with Crippen LogP contribution in [-0.4, -0.2) is 19.5 Å². The number of hydrogen-bond acceptors (Lipinski definition) is 3. The van der Waals surface area contributed by atoms with Crippen LogP contribution in [-0.2, 0) is 27.7 Å². The lowest BCUT2D eigenvalue weighted by molar-refractivity contribution is -0.137. The molecule has 3 aromatic carbocycles. The summed E-state index contributed by atoms with van der Waals surface area (Å²) in [6.45, 7) is 0. The molecule has 0 aliphatic heterocycles. The van der Waals surface area contributed by atoms with Crippen molar-refractivity contribution in [1.29, 1.82) is 0 Å². The molecule has 1 atom stereocenters. The summed E-state index contributed by atoms with van der Waals surface area (Å²) in [7, 11) is -3.75. The van der Waals surface area contributed by atoms with E-state index in [0.717, 1.165) is 16.7 Å². The van der Waals surface area contributed by atoms with E-state index >= 15 is 0 Å². The van der Waals surface area contributed by atoms with Crippen LogP contribution in [0.3, 0.4) is 0 Å². The first kappa shape index (κ1) is 23.0. The second-order valence-electron chi connectivity index (χ2n) is 7.31. The smallest absolute Gasteiger partial charge is 0.303 e. The van der Waals surface area contributed by atoms with Crippen LogP contribution in [0.5, 0.6) is 0 Å². The van der Waals surface area contributed by atoms with E-state index in [0.29, 0.717) is 24.3 Å². The van der Waals surface area contributed by atoms with Crippen molar-refractivity contribution in [3.63, 3.8) is 0 Å². The highest BCUT2D eigenvalue weighted by Crippen LogP contribution is 2.23. The van der Waals surface area contributed by atoms with Crippen LogP contribution in [0.4, 0.5) is 0 Å². The average molecular weight is 458 g/mol. The van der Waals surface area contributed by atoms with E-state index in [-0.39, 0.29) is 11.3 Å². The van der Waals surface area contributed by atoms with Gasteiger partial charge in [0.1, 0.15) is 0 Å². The quantitative estimate of drug-likeness (QED) is 0.448. The molecule has 0 heterocycles. The van der Waals surface area contributed by atoms with Crippen molar-refractivity contribution in [3.05, 3.63) is 101 Å². The largest absolute Gasteiger partial charge is 0.481 e.